The number of aromatic nitrogens is 2. The van der Waals surface area contributed by atoms with Crippen molar-refractivity contribution in [1.29, 1.82) is 0 Å². The van der Waals surface area contributed by atoms with Crippen LogP contribution in [0.1, 0.15) is 30.3 Å². The molecular weight excluding hydrogens is 279 g/mol. The van der Waals surface area contributed by atoms with E-state index in [0.717, 1.165) is 18.9 Å². The monoisotopic (exact) mass is 289 g/mol. The van der Waals surface area contributed by atoms with Gasteiger partial charge in [0.15, 0.2) is 0 Å². The molecule has 3 rings (SSSR count). The maximum absolute atomic E-state index is 12.9. The molecule has 0 bridgehead atoms. The Bertz CT molecular complexity index is 671. The molecule has 1 saturated carbocycles. The first-order valence-electron chi connectivity index (χ1n) is 5.84. The van der Waals surface area contributed by atoms with Crippen molar-refractivity contribution in [3.63, 3.8) is 0 Å². The second-order valence-corrected chi connectivity index (χ2v) is 5.16. The molecule has 1 aliphatic carbocycles. The molecule has 102 valence electrons. The van der Waals surface area contributed by atoms with E-state index in [0.29, 0.717) is 11.3 Å². The third-order valence-electron chi connectivity index (χ3n) is 3.34. The van der Waals surface area contributed by atoms with Crippen LogP contribution < -0.4 is 5.73 Å². The SMILES string of the molecule is Cc1nc2cc(C(F)(F)F)c(Cl)c(N)c2n1C1CC1. The Labute approximate surface area is 112 Å². The highest BCUT2D eigenvalue weighted by atomic mass is 35.5. The Balaban J connectivity index is 2.35. The fourth-order valence-corrected chi connectivity index (χ4v) is 2.62. The topological polar surface area (TPSA) is 43.8 Å². The second-order valence-electron chi connectivity index (χ2n) is 4.78. The van der Waals surface area contributed by atoms with Crippen LogP contribution in [0.5, 0.6) is 0 Å². The molecule has 2 aromatic rings. The number of imidazole rings is 1. The number of nitrogens with two attached hydrogens (primary N) is 1. The van der Waals surface area contributed by atoms with Gasteiger partial charge in [0.1, 0.15) is 5.82 Å². The van der Waals surface area contributed by atoms with E-state index in [2.05, 4.69) is 4.98 Å². The zero-order chi connectivity index (χ0) is 13.9. The van der Waals surface area contributed by atoms with E-state index in [-0.39, 0.29) is 17.2 Å². The van der Waals surface area contributed by atoms with Crippen LogP contribution in [0, 0.1) is 6.92 Å². The van der Waals surface area contributed by atoms with Crippen molar-refractivity contribution in [3.05, 3.63) is 22.5 Å². The lowest BCUT2D eigenvalue weighted by atomic mass is 10.1. The first-order chi connectivity index (χ1) is 8.80. The molecule has 1 aromatic carbocycles. The van der Waals surface area contributed by atoms with E-state index < -0.39 is 16.8 Å². The minimum atomic E-state index is -4.53. The molecule has 0 atom stereocenters. The van der Waals surface area contributed by atoms with E-state index in [4.69, 9.17) is 17.3 Å². The maximum atomic E-state index is 12.9. The summed E-state index contributed by atoms with van der Waals surface area (Å²) >= 11 is 5.78. The quantitative estimate of drug-likeness (QED) is 0.808. The van der Waals surface area contributed by atoms with Crippen molar-refractivity contribution in [1.82, 2.24) is 9.55 Å². The van der Waals surface area contributed by atoms with Gasteiger partial charge < -0.3 is 10.3 Å². The number of nitrogen functional groups attached to an aromatic ring is 1. The summed E-state index contributed by atoms with van der Waals surface area (Å²) in [6.07, 6.45) is -2.55. The van der Waals surface area contributed by atoms with Crippen molar-refractivity contribution in [3.8, 4) is 0 Å². The van der Waals surface area contributed by atoms with Crippen LogP contribution in [-0.2, 0) is 6.18 Å². The summed E-state index contributed by atoms with van der Waals surface area (Å²) in [5.41, 5.74) is 5.59. The summed E-state index contributed by atoms with van der Waals surface area (Å²) < 4.78 is 40.5. The lowest BCUT2D eigenvalue weighted by molar-refractivity contribution is -0.137. The van der Waals surface area contributed by atoms with E-state index in [1.54, 1.807) is 6.92 Å². The highest BCUT2D eigenvalue weighted by Crippen LogP contribution is 2.45. The molecule has 1 heterocycles. The van der Waals surface area contributed by atoms with E-state index in [1.165, 1.54) is 0 Å². The first kappa shape index (κ1) is 12.6. The number of benzene rings is 1. The van der Waals surface area contributed by atoms with Gasteiger partial charge in [-0.05, 0) is 25.8 Å². The predicted octanol–water partition coefficient (Wildman–Crippen LogP) is 3.93. The summed E-state index contributed by atoms with van der Waals surface area (Å²) in [7, 11) is 0. The fourth-order valence-electron chi connectivity index (χ4n) is 2.37. The van der Waals surface area contributed by atoms with Gasteiger partial charge in [0.05, 0.1) is 27.3 Å². The van der Waals surface area contributed by atoms with Gasteiger partial charge >= 0.3 is 6.18 Å². The molecule has 1 aliphatic rings. The maximum Gasteiger partial charge on any atom is 0.418 e. The fraction of sp³-hybridized carbons (Fsp3) is 0.417. The van der Waals surface area contributed by atoms with Gasteiger partial charge in [0, 0.05) is 6.04 Å². The molecule has 7 heteroatoms. The molecule has 3 nitrogen and oxygen atoms in total. The van der Waals surface area contributed by atoms with Gasteiger partial charge in [-0.25, -0.2) is 4.98 Å². The van der Waals surface area contributed by atoms with Crippen LogP contribution in [0.4, 0.5) is 18.9 Å². The number of hydrogen-bond donors (Lipinski definition) is 1. The highest BCUT2D eigenvalue weighted by Gasteiger charge is 2.36. The van der Waals surface area contributed by atoms with Gasteiger partial charge in [0.2, 0.25) is 0 Å². The van der Waals surface area contributed by atoms with Crippen LogP contribution in [0.2, 0.25) is 5.02 Å². The molecule has 1 aromatic heterocycles. The van der Waals surface area contributed by atoms with Crippen LogP contribution in [0.15, 0.2) is 6.07 Å². The molecule has 0 aliphatic heterocycles. The highest BCUT2D eigenvalue weighted by molar-refractivity contribution is 6.35. The van der Waals surface area contributed by atoms with Crippen molar-refractivity contribution in [2.75, 3.05) is 5.73 Å². The molecule has 0 saturated heterocycles. The van der Waals surface area contributed by atoms with Crippen LogP contribution in [0.3, 0.4) is 0 Å². The normalized spacial score (nSPS) is 16.3. The third-order valence-corrected chi connectivity index (χ3v) is 3.75. The molecule has 0 amide bonds. The number of rotatable bonds is 1. The first-order valence-corrected chi connectivity index (χ1v) is 6.22. The lowest BCUT2D eigenvalue weighted by Gasteiger charge is -2.13. The van der Waals surface area contributed by atoms with E-state index in [9.17, 15) is 13.2 Å². The van der Waals surface area contributed by atoms with Crippen molar-refractivity contribution in [2.24, 2.45) is 0 Å². The van der Waals surface area contributed by atoms with Gasteiger partial charge in [-0.15, -0.1) is 0 Å². The zero-order valence-corrected chi connectivity index (χ0v) is 10.8. The van der Waals surface area contributed by atoms with E-state index in [1.807, 2.05) is 4.57 Å². The largest absolute Gasteiger partial charge is 0.418 e. The number of anilines is 1. The summed E-state index contributed by atoms with van der Waals surface area (Å²) in [5.74, 6) is 0.666. The Morgan fingerprint density at radius 2 is 2.05 bits per heavy atom. The van der Waals surface area contributed by atoms with Crippen molar-refractivity contribution >= 4 is 28.3 Å². The Morgan fingerprint density at radius 1 is 1.42 bits per heavy atom. The summed E-state index contributed by atoms with van der Waals surface area (Å²) in [6.45, 7) is 1.76. The second kappa shape index (κ2) is 3.79. The average Bonchev–Trinajstić information content (AvgIpc) is 3.06. The van der Waals surface area contributed by atoms with Crippen LogP contribution in [0.25, 0.3) is 11.0 Å². The average molecular weight is 290 g/mol. The van der Waals surface area contributed by atoms with E-state index >= 15 is 0 Å². The standard InChI is InChI=1S/C12H11ClF3N3/c1-5-18-8-4-7(12(14,15)16)9(13)10(17)11(8)19(5)6-2-3-6/h4,6H,2-3,17H2,1H3. The molecule has 19 heavy (non-hydrogen) atoms. The zero-order valence-electron chi connectivity index (χ0n) is 10.1. The van der Waals surface area contributed by atoms with Crippen LogP contribution in [-0.4, -0.2) is 9.55 Å². The van der Waals surface area contributed by atoms with Gasteiger partial charge in [-0.1, -0.05) is 11.6 Å². The third kappa shape index (κ3) is 1.85. The predicted molar refractivity (Wildman–Crippen MR) is 67.2 cm³/mol. The Kier molecular flexibility index (Phi) is 2.51. The summed E-state index contributed by atoms with van der Waals surface area (Å²) in [5, 5.41) is -0.443. The molecular formula is C12H11ClF3N3. The van der Waals surface area contributed by atoms with Crippen molar-refractivity contribution < 1.29 is 13.2 Å². The molecule has 2 N–H and O–H groups in total. The van der Waals surface area contributed by atoms with Crippen LogP contribution >= 0.6 is 11.6 Å². The van der Waals surface area contributed by atoms with Gasteiger partial charge in [-0.2, -0.15) is 13.2 Å². The van der Waals surface area contributed by atoms with Crippen molar-refractivity contribution in [2.45, 2.75) is 32.0 Å². The Morgan fingerprint density at radius 3 is 2.58 bits per heavy atom. The minimum Gasteiger partial charge on any atom is -0.396 e. The van der Waals surface area contributed by atoms with Gasteiger partial charge in [0.25, 0.3) is 0 Å². The molecule has 0 spiro atoms. The van der Waals surface area contributed by atoms with Gasteiger partial charge in [-0.3, -0.25) is 0 Å². The summed E-state index contributed by atoms with van der Waals surface area (Å²) in [4.78, 5) is 4.17. The Hall–Kier alpha value is -1.43. The minimum absolute atomic E-state index is 0.0426. The number of halogens is 4. The molecule has 0 radical (unpaired) electrons. The number of nitrogens with zero attached hydrogens (tertiary/aromatic N) is 2. The lowest BCUT2D eigenvalue weighted by Crippen LogP contribution is -2.08. The number of hydrogen-bond acceptors (Lipinski definition) is 2. The number of fused-ring (bicyclic) bond motifs is 1. The molecule has 1 fully saturated rings. The number of aryl methyl sites for hydroxylation is 1. The summed E-state index contributed by atoms with van der Waals surface area (Å²) in [6, 6.07) is 1.25. The molecule has 0 unspecified atom stereocenters. The smallest absolute Gasteiger partial charge is 0.396 e. The number of alkyl halides is 3.